The van der Waals surface area contributed by atoms with E-state index < -0.39 is 21.8 Å². The molecule has 6 heteroatoms. The summed E-state index contributed by atoms with van der Waals surface area (Å²) >= 11 is 0. The van der Waals surface area contributed by atoms with Crippen molar-refractivity contribution >= 4 is 11.7 Å². The minimum Gasteiger partial charge on any atom is -0.469 e. The molecule has 1 rings (SSSR count). The molecule has 0 aliphatic rings. The van der Waals surface area contributed by atoms with Crippen molar-refractivity contribution in [2.45, 2.75) is 26.3 Å². The lowest BCUT2D eigenvalue weighted by atomic mass is 9.70. The van der Waals surface area contributed by atoms with Gasteiger partial charge < -0.3 is 10.5 Å². The molecule has 0 amide bonds. The van der Waals surface area contributed by atoms with Crippen LogP contribution in [-0.4, -0.2) is 18.0 Å². The quantitative estimate of drug-likeness (QED) is 0.510. The van der Waals surface area contributed by atoms with Gasteiger partial charge in [-0.15, -0.1) is 0 Å². The number of nitrogens with zero attached hydrogens (tertiary/aromatic N) is 1. The molecule has 1 aromatic carbocycles. The minimum absolute atomic E-state index is 0.0603. The lowest BCUT2D eigenvalue weighted by molar-refractivity contribution is -0.385. The molecule has 1 atom stereocenters. The molecule has 19 heavy (non-hydrogen) atoms. The first-order valence-corrected chi connectivity index (χ1v) is 5.77. The van der Waals surface area contributed by atoms with Crippen LogP contribution in [0.2, 0.25) is 0 Å². The number of nitro groups is 1. The number of carbonyl (C=O) groups is 1. The van der Waals surface area contributed by atoms with Crippen LogP contribution in [-0.2, 0) is 15.1 Å². The third-order valence-corrected chi connectivity index (χ3v) is 3.65. The van der Waals surface area contributed by atoms with Gasteiger partial charge >= 0.3 is 5.97 Å². The Hall–Kier alpha value is -1.95. The highest BCUT2D eigenvalue weighted by molar-refractivity contribution is 5.78. The molecule has 6 nitrogen and oxygen atoms in total. The highest BCUT2D eigenvalue weighted by Crippen LogP contribution is 2.39. The van der Waals surface area contributed by atoms with Crippen LogP contribution in [0, 0.1) is 15.5 Å². The van der Waals surface area contributed by atoms with Crippen LogP contribution >= 0.6 is 0 Å². The Morgan fingerprint density at radius 1 is 1.37 bits per heavy atom. The van der Waals surface area contributed by atoms with E-state index in [1.807, 2.05) is 0 Å². The Kier molecular flexibility index (Phi) is 3.95. The van der Waals surface area contributed by atoms with Crippen molar-refractivity contribution in [1.29, 1.82) is 0 Å². The summed E-state index contributed by atoms with van der Waals surface area (Å²) in [5.74, 6) is -0.469. The van der Waals surface area contributed by atoms with Crippen molar-refractivity contribution in [2.75, 3.05) is 7.11 Å². The molecule has 2 N–H and O–H groups in total. The topological polar surface area (TPSA) is 95.5 Å². The van der Waals surface area contributed by atoms with E-state index >= 15 is 0 Å². The maximum atomic E-state index is 11.8. The molecule has 0 spiro atoms. The number of methoxy groups -OCH3 is 1. The SMILES string of the molecule is COC(=O)C(C)(C)C(C)(N)c1cccc([N+](=O)[O-])c1. The van der Waals surface area contributed by atoms with Crippen LogP contribution in [0.4, 0.5) is 5.69 Å². The van der Waals surface area contributed by atoms with Gasteiger partial charge in [-0.1, -0.05) is 12.1 Å². The van der Waals surface area contributed by atoms with Crippen LogP contribution < -0.4 is 5.73 Å². The van der Waals surface area contributed by atoms with Crippen LogP contribution in [0.15, 0.2) is 24.3 Å². The average molecular weight is 266 g/mol. The first kappa shape index (κ1) is 15.1. The normalized spacial score (nSPS) is 14.6. The average Bonchev–Trinajstić information content (AvgIpc) is 2.37. The van der Waals surface area contributed by atoms with Crippen LogP contribution in [0.5, 0.6) is 0 Å². The largest absolute Gasteiger partial charge is 0.469 e. The van der Waals surface area contributed by atoms with E-state index in [1.54, 1.807) is 32.9 Å². The molecule has 0 heterocycles. The summed E-state index contributed by atoms with van der Waals surface area (Å²) in [6, 6.07) is 5.97. The molecular formula is C13H18N2O4. The Bertz CT molecular complexity index is 509. The third kappa shape index (κ3) is 2.58. The highest BCUT2D eigenvalue weighted by Gasteiger charge is 2.46. The van der Waals surface area contributed by atoms with E-state index in [4.69, 9.17) is 10.5 Å². The zero-order valence-corrected chi connectivity index (χ0v) is 11.5. The zero-order chi connectivity index (χ0) is 14.8. The van der Waals surface area contributed by atoms with Gasteiger partial charge in [0.2, 0.25) is 0 Å². The molecular weight excluding hydrogens is 248 g/mol. The summed E-state index contributed by atoms with van der Waals surface area (Å²) in [5.41, 5.74) is 4.58. The Morgan fingerprint density at radius 3 is 2.42 bits per heavy atom. The van der Waals surface area contributed by atoms with Gasteiger partial charge in [0.25, 0.3) is 5.69 Å². The summed E-state index contributed by atoms with van der Waals surface area (Å²) in [6.45, 7) is 4.96. The van der Waals surface area contributed by atoms with Crippen molar-refractivity contribution in [3.05, 3.63) is 39.9 Å². The summed E-state index contributed by atoms with van der Waals surface area (Å²) in [4.78, 5) is 22.1. The van der Waals surface area contributed by atoms with Crippen LogP contribution in [0.1, 0.15) is 26.3 Å². The number of non-ortho nitro benzene ring substituents is 1. The number of rotatable bonds is 4. The number of ether oxygens (including phenoxy) is 1. The van der Waals surface area contributed by atoms with E-state index in [-0.39, 0.29) is 5.69 Å². The van der Waals surface area contributed by atoms with Crippen molar-refractivity contribution in [3.63, 3.8) is 0 Å². The van der Waals surface area contributed by atoms with Crippen LogP contribution in [0.25, 0.3) is 0 Å². The van der Waals surface area contributed by atoms with Crippen molar-refractivity contribution in [2.24, 2.45) is 11.1 Å². The fourth-order valence-corrected chi connectivity index (χ4v) is 1.77. The standard InChI is InChI=1S/C13H18N2O4/c1-12(2,11(16)19-4)13(3,14)9-6-5-7-10(8-9)15(17)18/h5-8H,14H2,1-4H3. The Labute approximate surface area is 111 Å². The minimum atomic E-state index is -1.09. The molecule has 0 aliphatic carbocycles. The zero-order valence-electron chi connectivity index (χ0n) is 11.5. The van der Waals surface area contributed by atoms with Crippen molar-refractivity contribution in [1.82, 2.24) is 0 Å². The lowest BCUT2D eigenvalue weighted by Crippen LogP contribution is -2.52. The first-order chi connectivity index (χ1) is 8.64. The molecule has 0 aliphatic heterocycles. The monoisotopic (exact) mass is 266 g/mol. The lowest BCUT2D eigenvalue weighted by Gasteiger charge is -2.39. The second kappa shape index (κ2) is 4.97. The van der Waals surface area contributed by atoms with E-state index in [0.717, 1.165) is 0 Å². The van der Waals surface area contributed by atoms with Gasteiger partial charge in [0.15, 0.2) is 0 Å². The second-order valence-corrected chi connectivity index (χ2v) is 5.13. The Morgan fingerprint density at radius 2 is 1.95 bits per heavy atom. The molecule has 0 saturated carbocycles. The van der Waals surface area contributed by atoms with Gasteiger partial charge in [-0.25, -0.2) is 0 Å². The molecule has 0 fully saturated rings. The number of carbonyl (C=O) groups excluding carboxylic acids is 1. The maximum Gasteiger partial charge on any atom is 0.313 e. The van der Waals surface area contributed by atoms with Gasteiger partial charge in [-0.3, -0.25) is 14.9 Å². The smallest absolute Gasteiger partial charge is 0.313 e. The number of hydrogen-bond acceptors (Lipinski definition) is 5. The number of esters is 1. The van der Waals surface area contributed by atoms with Crippen molar-refractivity contribution in [3.8, 4) is 0 Å². The summed E-state index contributed by atoms with van der Waals surface area (Å²) in [7, 11) is 1.29. The van der Waals surface area contributed by atoms with E-state index in [2.05, 4.69) is 0 Å². The summed E-state index contributed by atoms with van der Waals surface area (Å²) in [5, 5.41) is 10.8. The molecule has 0 bridgehead atoms. The molecule has 0 radical (unpaired) electrons. The van der Waals surface area contributed by atoms with Crippen molar-refractivity contribution < 1.29 is 14.5 Å². The van der Waals surface area contributed by atoms with E-state index in [1.165, 1.54) is 19.2 Å². The molecule has 1 aromatic rings. The fraction of sp³-hybridized carbons (Fsp3) is 0.462. The van der Waals surface area contributed by atoms with Crippen LogP contribution in [0.3, 0.4) is 0 Å². The highest BCUT2D eigenvalue weighted by atomic mass is 16.6. The number of hydrogen-bond donors (Lipinski definition) is 1. The number of benzene rings is 1. The fourth-order valence-electron chi connectivity index (χ4n) is 1.77. The third-order valence-electron chi connectivity index (χ3n) is 3.65. The molecule has 0 saturated heterocycles. The van der Waals surface area contributed by atoms with Gasteiger partial charge in [0.05, 0.1) is 23.0 Å². The van der Waals surface area contributed by atoms with Gasteiger partial charge in [-0.2, -0.15) is 0 Å². The van der Waals surface area contributed by atoms with E-state index in [9.17, 15) is 14.9 Å². The molecule has 1 unspecified atom stereocenters. The predicted molar refractivity (Wildman–Crippen MR) is 70.4 cm³/mol. The van der Waals surface area contributed by atoms with Gasteiger partial charge in [-0.05, 0) is 26.3 Å². The maximum absolute atomic E-state index is 11.8. The summed E-state index contributed by atoms with van der Waals surface area (Å²) < 4.78 is 4.75. The molecule has 0 aromatic heterocycles. The van der Waals surface area contributed by atoms with Gasteiger partial charge in [0.1, 0.15) is 0 Å². The number of nitro benzene ring substituents is 1. The van der Waals surface area contributed by atoms with E-state index in [0.29, 0.717) is 5.56 Å². The number of nitrogens with two attached hydrogens (primary N) is 1. The van der Waals surface area contributed by atoms with Gasteiger partial charge in [0, 0.05) is 12.1 Å². The summed E-state index contributed by atoms with van der Waals surface area (Å²) in [6.07, 6.45) is 0. The predicted octanol–water partition coefficient (Wildman–Crippen LogP) is 1.97. The first-order valence-electron chi connectivity index (χ1n) is 5.77. The molecule has 104 valence electrons. The second-order valence-electron chi connectivity index (χ2n) is 5.13. The Balaban J connectivity index is 3.30.